The SMILES string of the molecule is O=C(NCc1ccco1)[C@@H](c1ccco1)N(C(=O)Cn1nnc2ccccc21)c1cccc(F)c1. The molecule has 2 aromatic carbocycles. The number of rotatable bonds is 8. The van der Waals surface area contributed by atoms with Crippen LogP contribution in [0.5, 0.6) is 0 Å². The van der Waals surface area contributed by atoms with Gasteiger partial charge in [-0.25, -0.2) is 9.07 Å². The van der Waals surface area contributed by atoms with Crippen LogP contribution in [0.3, 0.4) is 0 Å². The lowest BCUT2D eigenvalue weighted by atomic mass is 10.1. The zero-order valence-electron chi connectivity index (χ0n) is 18.4. The van der Waals surface area contributed by atoms with Crippen molar-refractivity contribution in [1.82, 2.24) is 20.3 Å². The molecule has 3 heterocycles. The third kappa shape index (κ3) is 4.67. The van der Waals surface area contributed by atoms with E-state index in [9.17, 15) is 14.0 Å². The Kier molecular flexibility index (Phi) is 6.08. The smallest absolute Gasteiger partial charge is 0.251 e. The fourth-order valence-corrected chi connectivity index (χ4v) is 3.81. The molecule has 5 aromatic rings. The molecule has 0 spiro atoms. The largest absolute Gasteiger partial charge is 0.467 e. The summed E-state index contributed by atoms with van der Waals surface area (Å²) < 4.78 is 26.5. The first-order valence-electron chi connectivity index (χ1n) is 10.8. The molecule has 176 valence electrons. The van der Waals surface area contributed by atoms with Gasteiger partial charge in [-0.05, 0) is 54.6 Å². The monoisotopic (exact) mass is 473 g/mol. The molecule has 0 radical (unpaired) electrons. The Labute approximate surface area is 198 Å². The fourth-order valence-electron chi connectivity index (χ4n) is 3.81. The number of aromatic nitrogens is 3. The van der Waals surface area contributed by atoms with Gasteiger partial charge in [0.05, 0.1) is 24.6 Å². The van der Waals surface area contributed by atoms with Crippen molar-refractivity contribution in [2.24, 2.45) is 0 Å². The molecule has 5 rings (SSSR count). The standard InChI is InChI=1S/C25H20FN5O4/c26-17-6-3-7-18(14-17)31(23(32)16-30-21-10-2-1-9-20(21)28-29-30)24(22-11-5-13-35-22)25(33)27-15-19-8-4-12-34-19/h1-14,24H,15-16H2,(H,27,33)/t24-/m1/s1. The number of nitrogens with zero attached hydrogens (tertiary/aromatic N) is 4. The summed E-state index contributed by atoms with van der Waals surface area (Å²) >= 11 is 0. The van der Waals surface area contributed by atoms with Crippen LogP contribution in [0.1, 0.15) is 17.6 Å². The zero-order chi connectivity index (χ0) is 24.2. The highest BCUT2D eigenvalue weighted by Gasteiger charge is 2.35. The minimum atomic E-state index is -1.22. The third-order valence-electron chi connectivity index (χ3n) is 5.40. The van der Waals surface area contributed by atoms with Gasteiger partial charge >= 0.3 is 0 Å². The minimum absolute atomic E-state index is 0.0991. The molecule has 1 atom stereocenters. The number of furan rings is 2. The highest BCUT2D eigenvalue weighted by atomic mass is 19.1. The number of carbonyl (C=O) groups excluding carboxylic acids is 2. The summed E-state index contributed by atoms with van der Waals surface area (Å²) in [5, 5.41) is 10.9. The molecule has 0 fully saturated rings. The Morgan fingerprint density at radius 2 is 1.83 bits per heavy atom. The Bertz CT molecular complexity index is 1450. The zero-order valence-corrected chi connectivity index (χ0v) is 18.4. The summed E-state index contributed by atoms with van der Waals surface area (Å²) in [7, 11) is 0. The van der Waals surface area contributed by atoms with Gasteiger partial charge in [0.25, 0.3) is 5.91 Å². The summed E-state index contributed by atoms with van der Waals surface area (Å²) in [5.74, 6) is -0.851. The number of fused-ring (bicyclic) bond motifs is 1. The molecule has 0 saturated heterocycles. The van der Waals surface area contributed by atoms with Crippen LogP contribution < -0.4 is 10.2 Å². The first kappa shape index (κ1) is 22.1. The van der Waals surface area contributed by atoms with Crippen molar-refractivity contribution >= 4 is 28.5 Å². The number of amides is 2. The van der Waals surface area contributed by atoms with E-state index in [1.54, 1.807) is 42.5 Å². The van der Waals surface area contributed by atoms with Crippen molar-refractivity contribution in [2.45, 2.75) is 19.1 Å². The molecular formula is C25H20FN5O4. The van der Waals surface area contributed by atoms with Crippen molar-refractivity contribution < 1.29 is 22.8 Å². The second kappa shape index (κ2) is 9.64. The summed E-state index contributed by atoms with van der Waals surface area (Å²) in [4.78, 5) is 28.3. The molecule has 35 heavy (non-hydrogen) atoms. The lowest BCUT2D eigenvalue weighted by molar-refractivity contribution is -0.127. The molecule has 0 unspecified atom stereocenters. The lowest BCUT2D eigenvalue weighted by Gasteiger charge is -2.30. The quantitative estimate of drug-likeness (QED) is 0.367. The molecule has 9 nitrogen and oxygen atoms in total. The molecule has 0 aliphatic heterocycles. The van der Waals surface area contributed by atoms with E-state index in [4.69, 9.17) is 8.83 Å². The van der Waals surface area contributed by atoms with Crippen molar-refractivity contribution in [1.29, 1.82) is 0 Å². The third-order valence-corrected chi connectivity index (χ3v) is 5.40. The number of anilines is 1. The van der Waals surface area contributed by atoms with E-state index in [-0.39, 0.29) is 24.5 Å². The van der Waals surface area contributed by atoms with Crippen LogP contribution in [-0.4, -0.2) is 26.8 Å². The van der Waals surface area contributed by atoms with Crippen LogP contribution in [-0.2, 0) is 22.7 Å². The average molecular weight is 473 g/mol. The number of para-hydroxylation sites is 1. The molecule has 0 bridgehead atoms. The van der Waals surface area contributed by atoms with Crippen LogP contribution in [0.25, 0.3) is 11.0 Å². The molecule has 0 aliphatic carbocycles. The van der Waals surface area contributed by atoms with Crippen molar-refractivity contribution in [3.05, 3.63) is 103 Å². The van der Waals surface area contributed by atoms with Crippen LogP contribution in [0, 0.1) is 5.82 Å². The first-order valence-corrected chi connectivity index (χ1v) is 10.8. The van der Waals surface area contributed by atoms with Crippen LogP contribution in [0.4, 0.5) is 10.1 Å². The number of halogens is 1. The van der Waals surface area contributed by atoms with E-state index >= 15 is 0 Å². The predicted molar refractivity (Wildman–Crippen MR) is 123 cm³/mol. The first-order chi connectivity index (χ1) is 17.1. The van der Waals surface area contributed by atoms with Crippen LogP contribution >= 0.6 is 0 Å². The predicted octanol–water partition coefficient (Wildman–Crippen LogP) is 3.85. The average Bonchev–Trinajstić information content (AvgIpc) is 3.64. The summed E-state index contributed by atoms with van der Waals surface area (Å²) in [5.41, 5.74) is 1.46. The number of nitrogens with one attached hydrogen (secondary N) is 1. The highest BCUT2D eigenvalue weighted by Crippen LogP contribution is 2.29. The Morgan fingerprint density at radius 1 is 1.00 bits per heavy atom. The maximum Gasteiger partial charge on any atom is 0.251 e. The Hall–Kier alpha value is -4.73. The molecular weight excluding hydrogens is 453 g/mol. The fraction of sp³-hybridized carbons (Fsp3) is 0.120. The van der Waals surface area contributed by atoms with E-state index in [1.807, 2.05) is 12.1 Å². The molecule has 0 saturated carbocycles. The van der Waals surface area contributed by atoms with E-state index in [0.29, 0.717) is 16.8 Å². The Balaban J connectivity index is 1.52. The minimum Gasteiger partial charge on any atom is -0.467 e. The summed E-state index contributed by atoms with van der Waals surface area (Å²) in [6.07, 6.45) is 2.90. The number of carbonyl (C=O) groups is 2. The van der Waals surface area contributed by atoms with Gasteiger partial charge in [-0.15, -0.1) is 5.10 Å². The number of hydrogen-bond acceptors (Lipinski definition) is 6. The topological polar surface area (TPSA) is 106 Å². The van der Waals surface area contributed by atoms with Gasteiger partial charge in [0, 0.05) is 5.69 Å². The molecule has 10 heteroatoms. The van der Waals surface area contributed by atoms with E-state index in [2.05, 4.69) is 15.6 Å². The second-order valence-corrected chi connectivity index (χ2v) is 7.69. The number of hydrogen-bond donors (Lipinski definition) is 1. The van der Waals surface area contributed by atoms with Crippen LogP contribution in [0.2, 0.25) is 0 Å². The van der Waals surface area contributed by atoms with Gasteiger partial charge in [-0.2, -0.15) is 0 Å². The summed E-state index contributed by atoms with van der Waals surface area (Å²) in [6.45, 7) is -0.137. The maximum absolute atomic E-state index is 14.2. The van der Waals surface area contributed by atoms with Gasteiger partial charge in [0.2, 0.25) is 5.91 Å². The number of benzene rings is 2. The highest BCUT2D eigenvalue weighted by molar-refractivity contribution is 6.01. The lowest BCUT2D eigenvalue weighted by Crippen LogP contribution is -2.45. The maximum atomic E-state index is 14.2. The van der Waals surface area contributed by atoms with E-state index < -0.39 is 23.7 Å². The molecule has 1 N–H and O–H groups in total. The van der Waals surface area contributed by atoms with Gasteiger partial charge in [0.1, 0.15) is 29.4 Å². The Morgan fingerprint density at radius 3 is 2.60 bits per heavy atom. The van der Waals surface area contributed by atoms with Gasteiger partial charge < -0.3 is 14.2 Å². The molecule has 0 aliphatic rings. The van der Waals surface area contributed by atoms with E-state index in [0.717, 1.165) is 0 Å². The van der Waals surface area contributed by atoms with Crippen molar-refractivity contribution in [3.8, 4) is 0 Å². The molecule has 3 aromatic heterocycles. The normalized spacial score (nSPS) is 11.9. The van der Waals surface area contributed by atoms with Crippen LogP contribution in [0.15, 0.2) is 94.2 Å². The van der Waals surface area contributed by atoms with Gasteiger partial charge in [-0.3, -0.25) is 14.5 Å². The molecule has 2 amide bonds. The van der Waals surface area contributed by atoms with Crippen molar-refractivity contribution in [2.75, 3.05) is 4.90 Å². The van der Waals surface area contributed by atoms with Gasteiger partial charge in [-0.1, -0.05) is 23.4 Å². The van der Waals surface area contributed by atoms with E-state index in [1.165, 1.54) is 40.3 Å². The van der Waals surface area contributed by atoms with Crippen molar-refractivity contribution in [3.63, 3.8) is 0 Å². The second-order valence-electron chi connectivity index (χ2n) is 7.69. The summed E-state index contributed by atoms with van der Waals surface area (Å²) in [6, 6.07) is 18.1. The van der Waals surface area contributed by atoms with Gasteiger partial charge in [0.15, 0.2) is 6.04 Å².